The minimum Gasteiger partial charge on any atom is -0.374 e. The summed E-state index contributed by atoms with van der Waals surface area (Å²) >= 11 is 0. The fourth-order valence-electron chi connectivity index (χ4n) is 4.12. The Morgan fingerprint density at radius 1 is 1.35 bits per heavy atom. The minimum atomic E-state index is -3.55. The van der Waals surface area contributed by atoms with Gasteiger partial charge in [-0.1, -0.05) is 24.3 Å². The molecule has 1 aromatic heterocycles. The number of carbonyl (C=O) groups excluding carboxylic acids is 1. The molecule has 4 N–H and O–H groups in total. The summed E-state index contributed by atoms with van der Waals surface area (Å²) in [6.07, 6.45) is -0.121. The van der Waals surface area contributed by atoms with Crippen LogP contribution in [0.15, 0.2) is 36.5 Å². The van der Waals surface area contributed by atoms with Crippen molar-refractivity contribution in [3.63, 3.8) is 0 Å². The van der Waals surface area contributed by atoms with Crippen LogP contribution in [0.4, 0.5) is 8.78 Å². The van der Waals surface area contributed by atoms with Gasteiger partial charge in [0.1, 0.15) is 11.9 Å². The molecule has 3 heterocycles. The number of pyridine rings is 1. The number of hydrogen-bond acceptors (Lipinski definition) is 6. The van der Waals surface area contributed by atoms with Crippen LogP contribution in [0.2, 0.25) is 0 Å². The first-order valence-corrected chi connectivity index (χ1v) is 10.3. The first-order chi connectivity index (χ1) is 14.8. The molecular weight excluding hydrogens is 406 g/mol. The van der Waals surface area contributed by atoms with Gasteiger partial charge in [0, 0.05) is 25.8 Å². The van der Waals surface area contributed by atoms with E-state index in [1.54, 1.807) is 30.0 Å². The molecule has 1 amide bonds. The van der Waals surface area contributed by atoms with Crippen molar-refractivity contribution in [3.8, 4) is 0 Å². The fraction of sp³-hybridized carbons (Fsp3) is 0.455. The zero-order valence-corrected chi connectivity index (χ0v) is 17.2. The second-order valence-electron chi connectivity index (χ2n) is 8.16. The fourth-order valence-corrected chi connectivity index (χ4v) is 4.12. The quantitative estimate of drug-likeness (QED) is 0.519. The summed E-state index contributed by atoms with van der Waals surface area (Å²) in [5.74, 6) is -3.64. The van der Waals surface area contributed by atoms with E-state index in [0.717, 1.165) is 17.5 Å². The number of alkyl halides is 2. The highest BCUT2D eigenvalue weighted by atomic mass is 19.3. The van der Waals surface area contributed by atoms with Crippen molar-refractivity contribution in [2.75, 3.05) is 6.54 Å². The van der Waals surface area contributed by atoms with Gasteiger partial charge in [-0.25, -0.2) is 0 Å². The van der Waals surface area contributed by atoms with E-state index in [2.05, 4.69) is 15.6 Å². The normalized spacial score (nSPS) is 22.8. The zero-order chi connectivity index (χ0) is 22.2. The van der Waals surface area contributed by atoms with Gasteiger partial charge in [0.15, 0.2) is 6.23 Å². The van der Waals surface area contributed by atoms with Crippen molar-refractivity contribution in [2.45, 2.75) is 57.3 Å². The number of aromatic nitrogens is 1. The number of aliphatic hydroxyl groups excluding tert-OH is 2. The Balaban J connectivity index is 1.42. The van der Waals surface area contributed by atoms with Gasteiger partial charge >= 0.3 is 5.92 Å². The number of aryl methyl sites for hydroxylation is 1. The van der Waals surface area contributed by atoms with Crippen LogP contribution >= 0.6 is 0 Å². The van der Waals surface area contributed by atoms with Crippen molar-refractivity contribution >= 4 is 5.91 Å². The Bertz CT molecular complexity index is 954. The van der Waals surface area contributed by atoms with Gasteiger partial charge in [-0.15, -0.1) is 0 Å². The predicted molar refractivity (Wildman–Crippen MR) is 109 cm³/mol. The summed E-state index contributed by atoms with van der Waals surface area (Å²) < 4.78 is 29.0. The monoisotopic (exact) mass is 432 g/mol. The average molecular weight is 432 g/mol. The van der Waals surface area contributed by atoms with Crippen molar-refractivity contribution < 1.29 is 23.8 Å². The van der Waals surface area contributed by atoms with Crippen LogP contribution in [0.5, 0.6) is 0 Å². The van der Waals surface area contributed by atoms with E-state index in [0.29, 0.717) is 30.6 Å². The lowest BCUT2D eigenvalue weighted by Gasteiger charge is -2.32. The van der Waals surface area contributed by atoms with Gasteiger partial charge in [-0.2, -0.15) is 8.78 Å². The van der Waals surface area contributed by atoms with Crippen LogP contribution in [0.3, 0.4) is 0 Å². The summed E-state index contributed by atoms with van der Waals surface area (Å²) in [7, 11) is 0. The summed E-state index contributed by atoms with van der Waals surface area (Å²) in [6, 6.07) is 7.60. The molecule has 3 atom stereocenters. The maximum atomic E-state index is 14.5. The van der Waals surface area contributed by atoms with Crippen molar-refractivity contribution in [1.29, 1.82) is 0 Å². The number of amides is 1. The lowest BCUT2D eigenvalue weighted by atomic mass is 10.1. The van der Waals surface area contributed by atoms with Gasteiger partial charge in [-0.05, 0) is 48.1 Å². The third kappa shape index (κ3) is 4.31. The van der Waals surface area contributed by atoms with Gasteiger partial charge in [0.05, 0.1) is 6.04 Å². The molecule has 1 saturated heterocycles. The predicted octanol–water partition coefficient (Wildman–Crippen LogP) is 1.68. The largest absolute Gasteiger partial charge is 0.374 e. The molecule has 0 aliphatic carbocycles. The van der Waals surface area contributed by atoms with E-state index in [4.69, 9.17) is 0 Å². The van der Waals surface area contributed by atoms with Gasteiger partial charge in [0.25, 0.3) is 0 Å². The van der Waals surface area contributed by atoms with Gasteiger partial charge in [-0.3, -0.25) is 20.0 Å². The molecule has 1 unspecified atom stereocenters. The smallest absolute Gasteiger partial charge is 0.328 e. The second kappa shape index (κ2) is 8.58. The molecule has 0 spiro atoms. The first-order valence-electron chi connectivity index (χ1n) is 10.3. The first kappa shape index (κ1) is 21.8. The van der Waals surface area contributed by atoms with Crippen molar-refractivity contribution in [2.24, 2.45) is 0 Å². The summed E-state index contributed by atoms with van der Waals surface area (Å²) in [6.45, 7) is 2.80. The zero-order valence-electron chi connectivity index (χ0n) is 17.2. The SMILES string of the molecule is Cc1ccc(C(F)(F)[C@H](O)NCc2ccc3c(c2)CN(C2CCCNC2=O)[C@H]3O)nc1. The summed E-state index contributed by atoms with van der Waals surface area (Å²) in [5, 5.41) is 26.0. The second-order valence-corrected chi connectivity index (χ2v) is 8.16. The molecule has 1 aromatic carbocycles. The molecular formula is C22H26F2N4O3. The Morgan fingerprint density at radius 3 is 2.87 bits per heavy atom. The van der Waals surface area contributed by atoms with Gasteiger partial charge < -0.3 is 15.5 Å². The molecule has 0 radical (unpaired) electrons. The maximum absolute atomic E-state index is 14.5. The number of piperidine rings is 1. The van der Waals surface area contributed by atoms with E-state index in [1.165, 1.54) is 18.3 Å². The number of halogens is 2. The molecule has 0 saturated carbocycles. The minimum absolute atomic E-state index is 0.00983. The van der Waals surface area contributed by atoms with Crippen LogP contribution < -0.4 is 10.6 Å². The Labute approximate surface area is 179 Å². The molecule has 2 aromatic rings. The van der Waals surface area contributed by atoms with E-state index in [9.17, 15) is 23.8 Å². The molecule has 1 fully saturated rings. The lowest BCUT2D eigenvalue weighted by molar-refractivity contribution is -0.133. The summed E-state index contributed by atoms with van der Waals surface area (Å²) in [5.41, 5.74) is 2.48. The molecule has 2 aliphatic rings. The number of nitrogens with zero attached hydrogens (tertiary/aromatic N) is 2. The van der Waals surface area contributed by atoms with Crippen LogP contribution in [0.1, 0.15) is 47.0 Å². The molecule has 2 aliphatic heterocycles. The topological polar surface area (TPSA) is 97.7 Å². The summed E-state index contributed by atoms with van der Waals surface area (Å²) in [4.78, 5) is 17.7. The number of rotatable bonds is 6. The number of benzene rings is 1. The Morgan fingerprint density at radius 2 is 2.16 bits per heavy atom. The molecule has 31 heavy (non-hydrogen) atoms. The van der Waals surface area contributed by atoms with Gasteiger partial charge in [0.2, 0.25) is 5.91 Å². The standard InChI is InChI=1S/C22H26F2N4O3/c1-13-4-7-18(26-10-13)22(23,24)21(31)27-11-14-5-6-16-15(9-14)12-28(20(16)30)17-3-2-8-25-19(17)29/h4-7,9-10,17,20-21,27,30-31H,2-3,8,11-12H2,1H3,(H,25,29)/t17?,20-,21-/m0/s1. The molecule has 9 heteroatoms. The van der Waals surface area contributed by atoms with Crippen LogP contribution in [-0.2, 0) is 23.8 Å². The number of nitrogens with one attached hydrogen (secondary N) is 2. The van der Waals surface area contributed by atoms with Crippen LogP contribution in [0, 0.1) is 6.92 Å². The number of fused-ring (bicyclic) bond motifs is 1. The number of carbonyl (C=O) groups is 1. The van der Waals surface area contributed by atoms with E-state index in [-0.39, 0.29) is 18.5 Å². The highest BCUT2D eigenvalue weighted by molar-refractivity contribution is 5.82. The Kier molecular flexibility index (Phi) is 6.02. The van der Waals surface area contributed by atoms with Crippen LogP contribution in [-0.4, -0.2) is 44.8 Å². The number of aliphatic hydroxyl groups is 2. The lowest BCUT2D eigenvalue weighted by Crippen LogP contribution is -2.49. The molecule has 0 bridgehead atoms. The van der Waals surface area contributed by atoms with E-state index >= 15 is 0 Å². The average Bonchev–Trinajstić information content (AvgIpc) is 3.08. The third-order valence-corrected chi connectivity index (χ3v) is 5.90. The van der Waals surface area contributed by atoms with Crippen LogP contribution in [0.25, 0.3) is 0 Å². The highest BCUT2D eigenvalue weighted by Crippen LogP contribution is 2.35. The Hall–Kier alpha value is -2.46. The molecule has 7 nitrogen and oxygen atoms in total. The molecule has 4 rings (SSSR count). The third-order valence-electron chi connectivity index (χ3n) is 5.90. The van der Waals surface area contributed by atoms with Crippen molar-refractivity contribution in [3.05, 3.63) is 64.5 Å². The van der Waals surface area contributed by atoms with E-state index < -0.39 is 24.1 Å². The molecule has 166 valence electrons. The van der Waals surface area contributed by atoms with Crippen molar-refractivity contribution in [1.82, 2.24) is 20.5 Å². The number of hydrogen-bond donors (Lipinski definition) is 4. The van der Waals surface area contributed by atoms with E-state index in [1.807, 2.05) is 0 Å². The highest BCUT2D eigenvalue weighted by Gasteiger charge is 2.42. The maximum Gasteiger partial charge on any atom is 0.328 e.